The highest BCUT2D eigenvalue weighted by Crippen LogP contribution is 2.71. The molecule has 2 aliphatic rings. The van der Waals surface area contributed by atoms with E-state index in [2.05, 4.69) is 24.3 Å². The highest BCUT2D eigenvalue weighted by molar-refractivity contribution is 5.88. The molecule has 4 heteroatoms. The third kappa shape index (κ3) is 2.97. The fourth-order valence-electron chi connectivity index (χ4n) is 5.67. The van der Waals surface area contributed by atoms with Gasteiger partial charge in [0.15, 0.2) is 0 Å². The van der Waals surface area contributed by atoms with E-state index in [0.29, 0.717) is 38.9 Å². The van der Waals surface area contributed by atoms with Crippen LogP contribution < -0.4 is 0 Å². The summed E-state index contributed by atoms with van der Waals surface area (Å²) in [4.78, 5) is 26.4. The molecule has 152 valence electrons. The normalized spacial score (nSPS) is 27.6. The number of hydrogen-bond donors (Lipinski definition) is 0. The van der Waals surface area contributed by atoms with Crippen molar-refractivity contribution in [1.29, 1.82) is 0 Å². The van der Waals surface area contributed by atoms with Crippen LogP contribution in [-0.2, 0) is 19.1 Å². The Kier molecular flexibility index (Phi) is 5.20. The van der Waals surface area contributed by atoms with Crippen LogP contribution in [0.5, 0.6) is 0 Å². The molecular formula is C25H28O4. The van der Waals surface area contributed by atoms with Gasteiger partial charge in [-0.15, -0.1) is 0 Å². The maximum atomic E-state index is 13.2. The lowest BCUT2D eigenvalue weighted by atomic mass is 9.70. The van der Waals surface area contributed by atoms with Crippen LogP contribution in [0.3, 0.4) is 0 Å². The summed E-state index contributed by atoms with van der Waals surface area (Å²) in [7, 11) is 0. The summed E-state index contributed by atoms with van der Waals surface area (Å²) in [5.41, 5.74) is 1.90. The molecule has 0 amide bonds. The largest absolute Gasteiger partial charge is 0.466 e. The van der Waals surface area contributed by atoms with Gasteiger partial charge in [-0.2, -0.15) is 0 Å². The topological polar surface area (TPSA) is 52.6 Å². The van der Waals surface area contributed by atoms with E-state index in [0.717, 1.165) is 16.7 Å². The monoisotopic (exact) mass is 392 g/mol. The molecule has 29 heavy (non-hydrogen) atoms. The maximum absolute atomic E-state index is 13.2. The van der Waals surface area contributed by atoms with E-state index in [1.165, 1.54) is 0 Å². The van der Waals surface area contributed by atoms with Crippen LogP contribution in [-0.4, -0.2) is 25.2 Å². The van der Waals surface area contributed by atoms with E-state index in [4.69, 9.17) is 9.47 Å². The average Bonchev–Trinajstić information content (AvgIpc) is 3.28. The molecule has 2 fully saturated rings. The van der Waals surface area contributed by atoms with Crippen molar-refractivity contribution in [3.8, 4) is 11.1 Å². The molecule has 0 radical (unpaired) electrons. The van der Waals surface area contributed by atoms with Crippen molar-refractivity contribution in [3.05, 3.63) is 60.2 Å². The van der Waals surface area contributed by atoms with Gasteiger partial charge >= 0.3 is 11.9 Å². The van der Waals surface area contributed by atoms with Crippen molar-refractivity contribution in [2.75, 3.05) is 13.2 Å². The molecule has 0 aliphatic heterocycles. The van der Waals surface area contributed by atoms with Gasteiger partial charge < -0.3 is 9.47 Å². The second-order valence-electron chi connectivity index (χ2n) is 8.14. The number of esters is 2. The SMILES string of the molecule is CCOC(=O)C12CCC(C(=O)OCC)(CC1)C2c1ccccc1-c1ccccc1. The van der Waals surface area contributed by atoms with Crippen molar-refractivity contribution in [3.63, 3.8) is 0 Å². The fourth-order valence-corrected chi connectivity index (χ4v) is 5.67. The zero-order valence-electron chi connectivity index (χ0n) is 17.1. The zero-order valence-corrected chi connectivity index (χ0v) is 17.1. The molecule has 4 nitrogen and oxygen atoms in total. The van der Waals surface area contributed by atoms with Crippen LogP contribution in [0.1, 0.15) is 51.0 Å². The Hall–Kier alpha value is -2.62. The molecule has 2 bridgehead atoms. The average molecular weight is 392 g/mol. The minimum absolute atomic E-state index is 0.170. The molecule has 0 aromatic heterocycles. The molecule has 2 aliphatic carbocycles. The first-order chi connectivity index (χ1) is 14.1. The molecule has 0 saturated heterocycles. The summed E-state index contributed by atoms with van der Waals surface area (Å²) < 4.78 is 11.1. The first-order valence-electron chi connectivity index (χ1n) is 10.6. The summed E-state index contributed by atoms with van der Waals surface area (Å²) in [6.07, 6.45) is 2.66. The number of carbonyl (C=O) groups is 2. The number of ether oxygens (including phenoxy) is 2. The predicted molar refractivity (Wildman–Crippen MR) is 111 cm³/mol. The molecule has 0 N–H and O–H groups in total. The van der Waals surface area contributed by atoms with Crippen molar-refractivity contribution in [2.45, 2.75) is 45.4 Å². The third-order valence-electron chi connectivity index (χ3n) is 6.86. The van der Waals surface area contributed by atoms with Gasteiger partial charge in [0.1, 0.15) is 0 Å². The van der Waals surface area contributed by atoms with Gasteiger partial charge in [0, 0.05) is 5.92 Å². The Morgan fingerprint density at radius 2 is 1.28 bits per heavy atom. The molecule has 0 heterocycles. The van der Waals surface area contributed by atoms with Crippen molar-refractivity contribution in [1.82, 2.24) is 0 Å². The zero-order chi connectivity index (χ0) is 20.5. The molecule has 4 rings (SSSR count). The summed E-state index contributed by atoms with van der Waals surface area (Å²) in [6, 6.07) is 18.3. The maximum Gasteiger partial charge on any atom is 0.312 e. The second kappa shape index (κ2) is 7.66. The minimum atomic E-state index is -0.659. The van der Waals surface area contributed by atoms with Gasteiger partial charge in [0.25, 0.3) is 0 Å². The summed E-state index contributed by atoms with van der Waals surface area (Å²) in [5, 5.41) is 0. The Bertz CT molecular complexity index is 860. The molecule has 2 aromatic carbocycles. The van der Waals surface area contributed by atoms with Gasteiger partial charge in [-0.1, -0.05) is 54.6 Å². The van der Waals surface area contributed by atoms with E-state index in [1.54, 1.807) is 0 Å². The van der Waals surface area contributed by atoms with Crippen LogP contribution in [0.15, 0.2) is 54.6 Å². The first kappa shape index (κ1) is 19.7. The second-order valence-corrected chi connectivity index (χ2v) is 8.14. The van der Waals surface area contributed by atoms with Crippen molar-refractivity contribution < 1.29 is 19.1 Å². The van der Waals surface area contributed by atoms with Crippen LogP contribution in [0.4, 0.5) is 0 Å². The van der Waals surface area contributed by atoms with Crippen LogP contribution >= 0.6 is 0 Å². The molecule has 0 atom stereocenters. The van der Waals surface area contributed by atoms with Gasteiger partial charge in [-0.25, -0.2) is 0 Å². The lowest BCUT2D eigenvalue weighted by molar-refractivity contribution is -0.156. The summed E-state index contributed by atoms with van der Waals surface area (Å²) in [5.74, 6) is -0.572. The van der Waals surface area contributed by atoms with E-state index in [1.807, 2.05) is 44.2 Å². The third-order valence-corrected chi connectivity index (χ3v) is 6.86. The summed E-state index contributed by atoms with van der Waals surface area (Å²) in [6.45, 7) is 4.37. The molecule has 2 saturated carbocycles. The standard InChI is InChI=1S/C25H28O4/c1-3-28-22(26)24-14-16-25(17-15-24,23(27)29-4-2)21(24)20-13-9-8-12-19(20)18-10-6-5-7-11-18/h5-13,21H,3-4,14-17H2,1-2H3. The lowest BCUT2D eigenvalue weighted by Crippen LogP contribution is -2.37. The molecular weight excluding hydrogens is 364 g/mol. The van der Waals surface area contributed by atoms with Crippen LogP contribution in [0.25, 0.3) is 11.1 Å². The minimum Gasteiger partial charge on any atom is -0.466 e. The fraction of sp³-hybridized carbons (Fsp3) is 0.440. The van der Waals surface area contributed by atoms with Gasteiger partial charge in [0.05, 0.1) is 24.0 Å². The van der Waals surface area contributed by atoms with Crippen molar-refractivity contribution in [2.24, 2.45) is 10.8 Å². The highest BCUT2D eigenvalue weighted by Gasteiger charge is 2.70. The quantitative estimate of drug-likeness (QED) is 0.640. The lowest BCUT2D eigenvalue weighted by Gasteiger charge is -2.33. The van der Waals surface area contributed by atoms with E-state index in [-0.39, 0.29) is 17.9 Å². The van der Waals surface area contributed by atoms with Gasteiger partial charge in [-0.05, 0) is 56.2 Å². The van der Waals surface area contributed by atoms with Gasteiger partial charge in [0.2, 0.25) is 0 Å². The van der Waals surface area contributed by atoms with Crippen LogP contribution in [0.2, 0.25) is 0 Å². The molecule has 0 unspecified atom stereocenters. The summed E-state index contributed by atoms with van der Waals surface area (Å²) >= 11 is 0. The van der Waals surface area contributed by atoms with Crippen molar-refractivity contribution >= 4 is 11.9 Å². The number of fused-ring (bicyclic) bond motifs is 2. The van der Waals surface area contributed by atoms with E-state index < -0.39 is 10.8 Å². The first-order valence-corrected chi connectivity index (χ1v) is 10.6. The molecule has 2 aromatic rings. The Balaban J connectivity index is 1.89. The Labute approximate surface area is 172 Å². The highest BCUT2D eigenvalue weighted by atomic mass is 16.5. The number of carbonyl (C=O) groups excluding carboxylic acids is 2. The smallest absolute Gasteiger partial charge is 0.312 e. The Morgan fingerprint density at radius 3 is 1.79 bits per heavy atom. The van der Waals surface area contributed by atoms with E-state index >= 15 is 0 Å². The predicted octanol–water partition coefficient (Wildman–Crippen LogP) is 5.12. The van der Waals surface area contributed by atoms with Crippen LogP contribution in [0, 0.1) is 10.8 Å². The Morgan fingerprint density at radius 1 is 0.793 bits per heavy atom. The molecule has 0 spiro atoms. The number of hydrogen-bond acceptors (Lipinski definition) is 4. The van der Waals surface area contributed by atoms with Gasteiger partial charge in [-0.3, -0.25) is 9.59 Å². The number of rotatable bonds is 6. The van der Waals surface area contributed by atoms with E-state index in [9.17, 15) is 9.59 Å². The number of benzene rings is 2.